The molecule has 2 fully saturated rings. The van der Waals surface area contributed by atoms with Gasteiger partial charge in [0.05, 0.1) is 18.8 Å². The van der Waals surface area contributed by atoms with E-state index in [0.29, 0.717) is 6.42 Å². The van der Waals surface area contributed by atoms with Crippen LogP contribution in [0.1, 0.15) is 39.0 Å². The maximum Gasteiger partial charge on any atom is 0.318 e. The summed E-state index contributed by atoms with van der Waals surface area (Å²) in [5, 5.41) is 0. The highest BCUT2D eigenvalue weighted by Gasteiger charge is 2.53. The van der Waals surface area contributed by atoms with Crippen LogP contribution < -0.4 is 0 Å². The lowest BCUT2D eigenvalue weighted by Crippen LogP contribution is -2.46. The number of fused-ring (bicyclic) bond motifs is 2. The summed E-state index contributed by atoms with van der Waals surface area (Å²) in [6.45, 7) is 2.09. The van der Waals surface area contributed by atoms with Crippen molar-refractivity contribution in [2.24, 2.45) is 5.92 Å². The van der Waals surface area contributed by atoms with Gasteiger partial charge in [0, 0.05) is 6.42 Å². The first-order valence-electron chi connectivity index (χ1n) is 5.90. The molecule has 0 aromatic carbocycles. The summed E-state index contributed by atoms with van der Waals surface area (Å²) in [7, 11) is 1.32. The minimum atomic E-state index is -0.683. The molecule has 4 heteroatoms. The second kappa shape index (κ2) is 4.17. The van der Waals surface area contributed by atoms with Crippen LogP contribution in [0.15, 0.2) is 0 Å². The van der Waals surface area contributed by atoms with Crippen molar-refractivity contribution in [3.8, 4) is 0 Å². The number of methoxy groups -OCH3 is 1. The zero-order valence-corrected chi connectivity index (χ0v) is 9.82. The van der Waals surface area contributed by atoms with E-state index in [1.807, 2.05) is 0 Å². The molecular formula is C12H18O4. The molecule has 0 N–H and O–H groups in total. The van der Waals surface area contributed by atoms with Crippen LogP contribution in [0.5, 0.6) is 0 Å². The minimum Gasteiger partial charge on any atom is -0.468 e. The van der Waals surface area contributed by atoms with Crippen LogP contribution in [0.25, 0.3) is 0 Å². The number of hydrogen-bond acceptors (Lipinski definition) is 4. The zero-order chi connectivity index (χ0) is 11.8. The molecule has 0 amide bonds. The molecule has 2 saturated heterocycles. The first-order valence-corrected chi connectivity index (χ1v) is 5.90. The van der Waals surface area contributed by atoms with Crippen LogP contribution in [-0.2, 0) is 19.1 Å². The molecule has 0 aromatic rings. The molecule has 0 radical (unpaired) electrons. The predicted molar refractivity (Wildman–Crippen MR) is 56.9 cm³/mol. The van der Waals surface area contributed by atoms with Gasteiger partial charge in [-0.2, -0.15) is 0 Å². The summed E-state index contributed by atoms with van der Waals surface area (Å²) in [6, 6.07) is 0. The van der Waals surface area contributed by atoms with E-state index in [1.54, 1.807) is 0 Å². The lowest BCUT2D eigenvalue weighted by Gasteiger charge is -2.35. The Labute approximate surface area is 95.3 Å². The average molecular weight is 226 g/mol. The van der Waals surface area contributed by atoms with Crippen molar-refractivity contribution in [2.45, 2.75) is 50.7 Å². The summed E-state index contributed by atoms with van der Waals surface area (Å²) in [5.41, 5.74) is -0.277. The Morgan fingerprint density at radius 2 is 2.38 bits per heavy atom. The van der Waals surface area contributed by atoms with Crippen molar-refractivity contribution in [1.82, 2.24) is 0 Å². The molecule has 0 aliphatic carbocycles. The third kappa shape index (κ3) is 1.75. The first-order chi connectivity index (χ1) is 7.62. The van der Waals surface area contributed by atoms with E-state index < -0.39 is 11.9 Å². The largest absolute Gasteiger partial charge is 0.468 e. The number of hydrogen-bond donors (Lipinski definition) is 0. The predicted octanol–water partition coefficient (Wildman–Crippen LogP) is 1.47. The molecule has 4 nitrogen and oxygen atoms in total. The fourth-order valence-corrected chi connectivity index (χ4v) is 2.98. The van der Waals surface area contributed by atoms with Gasteiger partial charge in [-0.25, -0.2) is 0 Å². The Hall–Kier alpha value is -0.900. The van der Waals surface area contributed by atoms with Gasteiger partial charge in [-0.3, -0.25) is 9.59 Å². The fraction of sp³-hybridized carbons (Fsp3) is 0.833. The maximum atomic E-state index is 12.0. The highest BCUT2D eigenvalue weighted by atomic mass is 16.5. The Balaban J connectivity index is 2.15. The molecule has 2 heterocycles. The average Bonchev–Trinajstić information content (AvgIpc) is 2.57. The van der Waals surface area contributed by atoms with Crippen LogP contribution in [-0.4, -0.2) is 30.6 Å². The highest BCUT2D eigenvalue weighted by molar-refractivity contribution is 6.00. The van der Waals surface area contributed by atoms with Gasteiger partial charge in [-0.15, -0.1) is 0 Å². The smallest absolute Gasteiger partial charge is 0.318 e. The van der Waals surface area contributed by atoms with Crippen LogP contribution in [0, 0.1) is 5.92 Å². The highest BCUT2D eigenvalue weighted by Crippen LogP contribution is 2.45. The Morgan fingerprint density at radius 1 is 1.62 bits per heavy atom. The van der Waals surface area contributed by atoms with Crippen molar-refractivity contribution in [3.05, 3.63) is 0 Å². The number of carbonyl (C=O) groups is 2. The molecular weight excluding hydrogens is 208 g/mol. The third-order valence-corrected chi connectivity index (χ3v) is 3.66. The van der Waals surface area contributed by atoms with E-state index in [-0.39, 0.29) is 17.5 Å². The quantitative estimate of drug-likeness (QED) is 0.540. The standard InChI is InChI=1S/C12H18O4/c1-3-5-12-6-4-9(16-12)10(8(13)7-12)11(14)15-2/h9-10H,3-7H2,1-2H3/t9-,10+,12+/m1/s1. The second-order valence-electron chi connectivity index (χ2n) is 4.77. The number of esters is 1. The normalized spacial score (nSPS) is 37.5. The summed E-state index contributed by atoms with van der Waals surface area (Å²) in [6.07, 6.45) is 3.72. The van der Waals surface area contributed by atoms with E-state index in [2.05, 4.69) is 11.7 Å². The van der Waals surface area contributed by atoms with Crippen molar-refractivity contribution in [3.63, 3.8) is 0 Å². The lowest BCUT2D eigenvalue weighted by molar-refractivity contribution is -0.169. The molecule has 90 valence electrons. The topological polar surface area (TPSA) is 52.6 Å². The van der Waals surface area contributed by atoms with Gasteiger partial charge < -0.3 is 9.47 Å². The van der Waals surface area contributed by atoms with E-state index in [4.69, 9.17) is 4.74 Å². The molecule has 0 unspecified atom stereocenters. The SMILES string of the molecule is CCC[C@@]12CC[C@@H](O1)[C@@H](C(=O)OC)C(=O)C2. The molecule has 0 spiro atoms. The number of carbonyl (C=O) groups excluding carboxylic acids is 2. The van der Waals surface area contributed by atoms with E-state index >= 15 is 0 Å². The minimum absolute atomic E-state index is 0.00551. The van der Waals surface area contributed by atoms with Gasteiger partial charge in [-0.1, -0.05) is 13.3 Å². The molecule has 2 aliphatic heterocycles. The third-order valence-electron chi connectivity index (χ3n) is 3.66. The van der Waals surface area contributed by atoms with Crippen molar-refractivity contribution >= 4 is 11.8 Å². The van der Waals surface area contributed by atoms with Crippen molar-refractivity contribution in [1.29, 1.82) is 0 Å². The molecule has 2 rings (SSSR count). The number of ether oxygens (including phenoxy) is 2. The maximum absolute atomic E-state index is 12.0. The Morgan fingerprint density at radius 3 is 3.00 bits per heavy atom. The molecule has 0 aromatic heterocycles. The summed E-state index contributed by atoms with van der Waals surface area (Å²) in [4.78, 5) is 23.5. The van der Waals surface area contributed by atoms with Gasteiger partial charge in [0.15, 0.2) is 5.78 Å². The van der Waals surface area contributed by atoms with Crippen LogP contribution in [0.2, 0.25) is 0 Å². The zero-order valence-electron chi connectivity index (χ0n) is 9.82. The molecule has 3 atom stereocenters. The Bertz CT molecular complexity index is 312. The van der Waals surface area contributed by atoms with E-state index in [1.165, 1.54) is 7.11 Å². The van der Waals surface area contributed by atoms with E-state index in [0.717, 1.165) is 25.7 Å². The molecule has 16 heavy (non-hydrogen) atoms. The number of rotatable bonds is 3. The van der Waals surface area contributed by atoms with Gasteiger partial charge in [0.25, 0.3) is 0 Å². The first kappa shape index (κ1) is 11.6. The number of ketones is 1. The lowest BCUT2D eigenvalue weighted by atomic mass is 9.86. The Kier molecular flexibility index (Phi) is 3.02. The van der Waals surface area contributed by atoms with Gasteiger partial charge >= 0.3 is 5.97 Å². The second-order valence-corrected chi connectivity index (χ2v) is 4.77. The summed E-state index contributed by atoms with van der Waals surface area (Å²) >= 11 is 0. The van der Waals surface area contributed by atoms with Gasteiger partial charge in [0.1, 0.15) is 5.92 Å². The summed E-state index contributed by atoms with van der Waals surface area (Å²) < 4.78 is 10.6. The van der Waals surface area contributed by atoms with Gasteiger partial charge in [-0.05, 0) is 19.3 Å². The van der Waals surface area contributed by atoms with Crippen LogP contribution >= 0.6 is 0 Å². The van der Waals surface area contributed by atoms with Crippen LogP contribution in [0.3, 0.4) is 0 Å². The van der Waals surface area contributed by atoms with Crippen molar-refractivity contribution in [2.75, 3.05) is 7.11 Å². The molecule has 0 saturated carbocycles. The summed E-state index contributed by atoms with van der Waals surface area (Å²) in [5.74, 6) is -1.13. The molecule has 2 aliphatic rings. The molecule has 2 bridgehead atoms. The van der Waals surface area contributed by atoms with Gasteiger partial charge in [0.2, 0.25) is 0 Å². The fourth-order valence-electron chi connectivity index (χ4n) is 2.98. The number of Topliss-reactive ketones (excluding diaryl/α,β-unsaturated/α-hetero) is 1. The van der Waals surface area contributed by atoms with E-state index in [9.17, 15) is 9.59 Å². The monoisotopic (exact) mass is 226 g/mol. The van der Waals surface area contributed by atoms with Crippen LogP contribution in [0.4, 0.5) is 0 Å². The van der Waals surface area contributed by atoms with Crippen molar-refractivity contribution < 1.29 is 19.1 Å².